The average molecular weight is 358 g/mol. The van der Waals surface area contributed by atoms with Gasteiger partial charge in [-0.25, -0.2) is 14.2 Å². The van der Waals surface area contributed by atoms with Gasteiger partial charge in [0, 0.05) is 13.2 Å². The van der Waals surface area contributed by atoms with Crippen molar-refractivity contribution < 1.29 is 23.8 Å². The highest BCUT2D eigenvalue weighted by molar-refractivity contribution is 5.95. The lowest BCUT2D eigenvalue weighted by Gasteiger charge is -2.38. The van der Waals surface area contributed by atoms with Crippen LogP contribution in [0.25, 0.3) is 0 Å². The summed E-state index contributed by atoms with van der Waals surface area (Å²) in [5.74, 6) is -1.90. The molecular weight excluding hydrogens is 339 g/mol. The Kier molecular flexibility index (Phi) is 4.99. The Hall–Kier alpha value is -2.80. The van der Waals surface area contributed by atoms with Crippen LogP contribution in [0.15, 0.2) is 36.4 Å². The highest BCUT2D eigenvalue weighted by Gasteiger charge is 2.36. The van der Waals surface area contributed by atoms with E-state index in [2.05, 4.69) is 10.3 Å². The average Bonchev–Trinajstić information content (AvgIpc) is 2.62. The van der Waals surface area contributed by atoms with Gasteiger partial charge in [-0.3, -0.25) is 4.79 Å². The van der Waals surface area contributed by atoms with Gasteiger partial charge in [-0.1, -0.05) is 12.1 Å². The van der Waals surface area contributed by atoms with Gasteiger partial charge in [0.15, 0.2) is 0 Å². The summed E-state index contributed by atoms with van der Waals surface area (Å²) >= 11 is 0. The molecule has 0 spiro atoms. The van der Waals surface area contributed by atoms with E-state index in [4.69, 9.17) is 9.84 Å². The number of halogens is 1. The van der Waals surface area contributed by atoms with E-state index >= 15 is 0 Å². The second-order valence-corrected chi connectivity index (χ2v) is 6.29. The van der Waals surface area contributed by atoms with Crippen molar-refractivity contribution in [2.24, 2.45) is 0 Å². The molecule has 0 bridgehead atoms. The fraction of sp³-hybridized carbons (Fsp3) is 0.316. The molecule has 0 saturated carbocycles. The Labute approximate surface area is 150 Å². The monoisotopic (exact) mass is 358 g/mol. The molecule has 1 aliphatic rings. The molecule has 1 aromatic heterocycles. The van der Waals surface area contributed by atoms with Gasteiger partial charge >= 0.3 is 5.97 Å². The van der Waals surface area contributed by atoms with Crippen molar-refractivity contribution in [2.75, 3.05) is 13.2 Å². The van der Waals surface area contributed by atoms with Crippen molar-refractivity contribution in [3.63, 3.8) is 0 Å². The maximum atomic E-state index is 13.7. The van der Waals surface area contributed by atoms with Crippen LogP contribution < -0.4 is 5.32 Å². The zero-order valence-corrected chi connectivity index (χ0v) is 14.3. The number of nitrogens with one attached hydrogen (secondary N) is 1. The summed E-state index contributed by atoms with van der Waals surface area (Å²) in [5.41, 5.74) is 0.352. The van der Waals surface area contributed by atoms with Crippen LogP contribution in [-0.4, -0.2) is 35.2 Å². The van der Waals surface area contributed by atoms with Crippen molar-refractivity contribution in [2.45, 2.75) is 25.3 Å². The summed E-state index contributed by atoms with van der Waals surface area (Å²) in [6, 6.07) is 8.90. The molecule has 1 saturated heterocycles. The van der Waals surface area contributed by atoms with Gasteiger partial charge < -0.3 is 15.2 Å². The molecule has 0 atom stereocenters. The maximum absolute atomic E-state index is 13.7. The third-order valence-corrected chi connectivity index (χ3v) is 4.63. The maximum Gasteiger partial charge on any atom is 0.337 e. The Morgan fingerprint density at radius 1 is 1.23 bits per heavy atom. The molecule has 1 aromatic carbocycles. The molecule has 7 heteroatoms. The molecule has 0 unspecified atom stereocenters. The third-order valence-electron chi connectivity index (χ3n) is 4.63. The quantitative estimate of drug-likeness (QED) is 0.877. The van der Waals surface area contributed by atoms with Crippen LogP contribution in [0.1, 0.15) is 44.9 Å². The number of hydrogen-bond donors (Lipinski definition) is 2. The largest absolute Gasteiger partial charge is 0.478 e. The van der Waals surface area contributed by atoms with E-state index in [1.54, 1.807) is 12.1 Å². The minimum atomic E-state index is -1.09. The van der Waals surface area contributed by atoms with Crippen LogP contribution in [0.2, 0.25) is 0 Å². The summed E-state index contributed by atoms with van der Waals surface area (Å²) in [4.78, 5) is 28.0. The van der Waals surface area contributed by atoms with Gasteiger partial charge in [0.25, 0.3) is 5.91 Å². The molecule has 1 amide bonds. The first kappa shape index (κ1) is 18.0. The van der Waals surface area contributed by atoms with Crippen LogP contribution >= 0.6 is 0 Å². The van der Waals surface area contributed by atoms with E-state index < -0.39 is 17.4 Å². The number of aryl methyl sites for hydroxylation is 1. The second kappa shape index (κ2) is 7.21. The molecule has 1 aliphatic heterocycles. The van der Waals surface area contributed by atoms with Gasteiger partial charge in [-0.2, -0.15) is 0 Å². The third kappa shape index (κ3) is 3.57. The number of carbonyl (C=O) groups is 2. The van der Waals surface area contributed by atoms with Gasteiger partial charge in [0.1, 0.15) is 11.5 Å². The van der Waals surface area contributed by atoms with Crippen LogP contribution in [0.3, 0.4) is 0 Å². The number of aromatic carboxylic acids is 1. The van der Waals surface area contributed by atoms with Crippen LogP contribution in [0.5, 0.6) is 0 Å². The molecule has 1 fully saturated rings. The number of benzene rings is 1. The minimum Gasteiger partial charge on any atom is -0.478 e. The number of carboxylic acid groups (broad SMARTS) is 1. The van der Waals surface area contributed by atoms with Crippen molar-refractivity contribution >= 4 is 11.9 Å². The number of carboxylic acids is 1. The van der Waals surface area contributed by atoms with Crippen LogP contribution in [-0.2, 0) is 10.3 Å². The number of aromatic nitrogens is 1. The van der Waals surface area contributed by atoms with Gasteiger partial charge in [-0.05, 0) is 49.6 Å². The van der Waals surface area contributed by atoms with E-state index in [9.17, 15) is 14.0 Å². The smallest absolute Gasteiger partial charge is 0.337 e. The predicted octanol–water partition coefficient (Wildman–Crippen LogP) is 2.66. The molecule has 2 heterocycles. The van der Waals surface area contributed by atoms with E-state index in [0.717, 1.165) is 0 Å². The summed E-state index contributed by atoms with van der Waals surface area (Å²) in [7, 11) is 0. The van der Waals surface area contributed by atoms with Crippen molar-refractivity contribution in [1.82, 2.24) is 10.3 Å². The lowest BCUT2D eigenvalue weighted by molar-refractivity contribution is 0.0342. The van der Waals surface area contributed by atoms with Crippen LogP contribution in [0, 0.1) is 12.7 Å². The van der Waals surface area contributed by atoms with E-state index in [1.807, 2.05) is 0 Å². The molecule has 136 valence electrons. The number of ether oxygens (including phenoxy) is 1. The molecule has 2 N–H and O–H groups in total. The van der Waals surface area contributed by atoms with Gasteiger partial charge in [-0.15, -0.1) is 0 Å². The highest BCUT2D eigenvalue weighted by Crippen LogP contribution is 2.33. The Morgan fingerprint density at radius 2 is 1.96 bits per heavy atom. The topological polar surface area (TPSA) is 88.5 Å². The summed E-state index contributed by atoms with van der Waals surface area (Å²) in [6.07, 6.45) is 1.02. The Balaban J connectivity index is 1.91. The Morgan fingerprint density at radius 3 is 2.58 bits per heavy atom. The standard InChI is InChI=1S/C19H19FN2O4/c1-12-15(18(24)25)5-6-16(21-12)17(23)22-19(7-9-26-10-8-19)13-3-2-4-14(20)11-13/h2-6,11H,7-10H2,1H3,(H,22,23)(H,24,25). The molecule has 0 radical (unpaired) electrons. The number of nitrogens with zero attached hydrogens (tertiary/aromatic N) is 1. The van der Waals surface area contributed by atoms with Gasteiger partial charge in [0.2, 0.25) is 0 Å². The second-order valence-electron chi connectivity index (χ2n) is 6.29. The first-order valence-electron chi connectivity index (χ1n) is 8.28. The van der Waals surface area contributed by atoms with Gasteiger partial charge in [0.05, 0.1) is 16.8 Å². The SMILES string of the molecule is Cc1nc(C(=O)NC2(c3cccc(F)c3)CCOCC2)ccc1C(=O)O. The zero-order chi connectivity index (χ0) is 18.7. The van der Waals surface area contributed by atoms with E-state index in [-0.39, 0.29) is 22.8 Å². The minimum absolute atomic E-state index is 0.0486. The first-order chi connectivity index (χ1) is 12.4. The lowest BCUT2D eigenvalue weighted by atomic mass is 9.82. The molecular formula is C19H19FN2O4. The number of carbonyl (C=O) groups excluding carboxylic acids is 1. The molecule has 6 nitrogen and oxygen atoms in total. The molecule has 2 aromatic rings. The fourth-order valence-electron chi connectivity index (χ4n) is 3.19. The first-order valence-corrected chi connectivity index (χ1v) is 8.28. The van der Waals surface area contributed by atoms with E-state index in [1.165, 1.54) is 31.2 Å². The number of amides is 1. The normalized spacial score (nSPS) is 16.1. The molecule has 26 heavy (non-hydrogen) atoms. The number of hydrogen-bond acceptors (Lipinski definition) is 4. The van der Waals surface area contributed by atoms with E-state index in [0.29, 0.717) is 31.6 Å². The van der Waals surface area contributed by atoms with Crippen molar-refractivity contribution in [3.05, 3.63) is 64.7 Å². The van der Waals surface area contributed by atoms with Crippen molar-refractivity contribution in [3.8, 4) is 0 Å². The summed E-state index contributed by atoms with van der Waals surface area (Å²) in [5, 5.41) is 12.1. The fourth-order valence-corrected chi connectivity index (χ4v) is 3.19. The molecule has 3 rings (SSSR count). The predicted molar refractivity (Wildman–Crippen MR) is 91.5 cm³/mol. The summed E-state index contributed by atoms with van der Waals surface area (Å²) < 4.78 is 19.1. The zero-order valence-electron chi connectivity index (χ0n) is 14.3. The highest BCUT2D eigenvalue weighted by atomic mass is 19.1. The Bertz CT molecular complexity index is 847. The van der Waals surface area contributed by atoms with Crippen molar-refractivity contribution in [1.29, 1.82) is 0 Å². The summed E-state index contributed by atoms with van der Waals surface area (Å²) in [6.45, 7) is 2.43. The number of rotatable bonds is 4. The lowest BCUT2D eigenvalue weighted by Crippen LogP contribution is -2.49. The number of pyridine rings is 1. The molecule has 0 aliphatic carbocycles. The van der Waals surface area contributed by atoms with Crippen LogP contribution in [0.4, 0.5) is 4.39 Å².